The van der Waals surface area contributed by atoms with Gasteiger partial charge in [0.1, 0.15) is 0 Å². The minimum absolute atomic E-state index is 0.242. The summed E-state index contributed by atoms with van der Waals surface area (Å²) in [5.41, 5.74) is 0.242. The van der Waals surface area contributed by atoms with Crippen molar-refractivity contribution in [1.82, 2.24) is 0 Å². The van der Waals surface area contributed by atoms with Crippen molar-refractivity contribution in [2.75, 3.05) is 16.0 Å². The predicted molar refractivity (Wildman–Crippen MR) is 70.5 cm³/mol. The maximum atomic E-state index is 3.58. The van der Waals surface area contributed by atoms with E-state index in [2.05, 4.69) is 76.9 Å². The normalized spacial score (nSPS) is 11.6. The van der Waals surface area contributed by atoms with Gasteiger partial charge in [0.05, 0.1) is 5.41 Å². The minimum atomic E-state index is 0.242. The molecule has 0 spiro atoms. The first kappa shape index (κ1) is 12.7. The van der Waals surface area contributed by atoms with Crippen LogP contribution in [-0.2, 0) is 6.54 Å². The zero-order valence-electron chi connectivity index (χ0n) is 7.80. The summed E-state index contributed by atoms with van der Waals surface area (Å²) in [6.07, 6.45) is 4.20. The molecule has 14 heavy (non-hydrogen) atoms. The summed E-state index contributed by atoms with van der Waals surface area (Å²) in [4.78, 5) is 0. The average molecular weight is 387 g/mol. The summed E-state index contributed by atoms with van der Waals surface area (Å²) < 4.78 is 2.21. The molecule has 0 amide bonds. The van der Waals surface area contributed by atoms with E-state index in [1.165, 1.54) is 0 Å². The Morgan fingerprint density at radius 1 is 0.857 bits per heavy atom. The fraction of sp³-hybridized carbons (Fsp3) is 0.500. The SMILES string of the molecule is BrCC(CBr)(CBr)C[n+]1ccccc1. The lowest BCUT2D eigenvalue weighted by Gasteiger charge is -2.23. The Labute approximate surface area is 110 Å². The number of hydrogen-bond donors (Lipinski definition) is 0. The van der Waals surface area contributed by atoms with E-state index in [9.17, 15) is 0 Å². The molecule has 0 fully saturated rings. The van der Waals surface area contributed by atoms with Crippen molar-refractivity contribution in [2.45, 2.75) is 6.54 Å². The van der Waals surface area contributed by atoms with Gasteiger partial charge in [-0.05, 0) is 0 Å². The molecule has 0 saturated heterocycles. The molecular formula is C10H13Br3N+. The molecule has 1 nitrogen and oxygen atoms in total. The predicted octanol–water partition coefficient (Wildman–Crippen LogP) is 3.15. The van der Waals surface area contributed by atoms with Crippen LogP contribution in [0.3, 0.4) is 0 Å². The standard InChI is InChI=1S/C10H13Br3N/c11-6-10(7-12,8-13)9-14-4-2-1-3-5-14/h1-5H,6-9H2/q+1. The van der Waals surface area contributed by atoms with Gasteiger partial charge in [-0.25, -0.2) is 4.57 Å². The van der Waals surface area contributed by atoms with Crippen LogP contribution in [-0.4, -0.2) is 16.0 Å². The highest BCUT2D eigenvalue weighted by atomic mass is 79.9. The molecule has 0 unspecified atom stereocenters. The molecule has 1 heterocycles. The molecule has 0 saturated carbocycles. The molecule has 0 bridgehead atoms. The Hall–Kier alpha value is 0.590. The van der Waals surface area contributed by atoms with Crippen molar-refractivity contribution >= 4 is 47.8 Å². The molecule has 0 aliphatic carbocycles. The van der Waals surface area contributed by atoms with Crippen molar-refractivity contribution in [3.63, 3.8) is 0 Å². The third-order valence-corrected chi connectivity index (χ3v) is 5.71. The first-order valence-electron chi connectivity index (χ1n) is 4.38. The van der Waals surface area contributed by atoms with Crippen LogP contribution >= 0.6 is 47.8 Å². The molecule has 1 aromatic heterocycles. The molecule has 0 atom stereocenters. The van der Waals surface area contributed by atoms with Crippen molar-refractivity contribution in [3.05, 3.63) is 30.6 Å². The second-order valence-electron chi connectivity index (χ2n) is 3.45. The lowest BCUT2D eigenvalue weighted by atomic mass is 9.96. The van der Waals surface area contributed by atoms with Gasteiger partial charge in [0.15, 0.2) is 18.9 Å². The van der Waals surface area contributed by atoms with Crippen LogP contribution in [0.1, 0.15) is 0 Å². The van der Waals surface area contributed by atoms with Crippen LogP contribution in [0, 0.1) is 5.41 Å². The quantitative estimate of drug-likeness (QED) is 0.540. The lowest BCUT2D eigenvalue weighted by Crippen LogP contribution is -2.46. The van der Waals surface area contributed by atoms with E-state index in [1.807, 2.05) is 6.07 Å². The number of halogens is 3. The number of rotatable bonds is 5. The van der Waals surface area contributed by atoms with Crippen LogP contribution in [0.5, 0.6) is 0 Å². The fourth-order valence-electron chi connectivity index (χ4n) is 1.16. The number of alkyl halides is 3. The van der Waals surface area contributed by atoms with Crippen molar-refractivity contribution in [2.24, 2.45) is 5.41 Å². The lowest BCUT2D eigenvalue weighted by molar-refractivity contribution is -0.707. The summed E-state index contributed by atoms with van der Waals surface area (Å²) in [6.45, 7) is 1.01. The molecule has 0 aliphatic rings. The van der Waals surface area contributed by atoms with E-state index in [4.69, 9.17) is 0 Å². The number of hydrogen-bond acceptors (Lipinski definition) is 0. The molecule has 0 aromatic carbocycles. The van der Waals surface area contributed by atoms with Gasteiger partial charge in [0, 0.05) is 28.1 Å². The Kier molecular flexibility index (Phi) is 5.64. The van der Waals surface area contributed by atoms with Crippen molar-refractivity contribution in [1.29, 1.82) is 0 Å². The minimum Gasteiger partial charge on any atom is -0.204 e. The largest absolute Gasteiger partial charge is 0.204 e. The summed E-state index contributed by atoms with van der Waals surface area (Å²) in [6, 6.07) is 6.15. The molecule has 1 aromatic rings. The Bertz CT molecular complexity index is 251. The van der Waals surface area contributed by atoms with Gasteiger partial charge in [-0.2, -0.15) is 0 Å². The second-order valence-corrected chi connectivity index (χ2v) is 5.13. The summed E-state index contributed by atoms with van der Waals surface area (Å²) >= 11 is 10.7. The third kappa shape index (κ3) is 3.31. The van der Waals surface area contributed by atoms with Crippen molar-refractivity contribution < 1.29 is 4.57 Å². The van der Waals surface area contributed by atoms with E-state index >= 15 is 0 Å². The highest BCUT2D eigenvalue weighted by Gasteiger charge is 2.31. The number of aromatic nitrogens is 1. The van der Waals surface area contributed by atoms with E-state index in [-0.39, 0.29) is 5.41 Å². The summed E-state index contributed by atoms with van der Waals surface area (Å²) in [7, 11) is 0. The van der Waals surface area contributed by atoms with Crippen LogP contribution in [0.15, 0.2) is 30.6 Å². The van der Waals surface area contributed by atoms with Gasteiger partial charge < -0.3 is 0 Å². The summed E-state index contributed by atoms with van der Waals surface area (Å²) in [5.74, 6) is 0. The van der Waals surface area contributed by atoms with Gasteiger partial charge in [-0.1, -0.05) is 53.9 Å². The van der Waals surface area contributed by atoms with E-state index < -0.39 is 0 Å². The summed E-state index contributed by atoms with van der Waals surface area (Å²) in [5, 5.41) is 2.95. The van der Waals surface area contributed by atoms with Gasteiger partial charge in [0.25, 0.3) is 0 Å². The van der Waals surface area contributed by atoms with Crippen LogP contribution in [0.25, 0.3) is 0 Å². The third-order valence-electron chi connectivity index (χ3n) is 2.15. The topological polar surface area (TPSA) is 3.88 Å². The molecule has 0 aliphatic heterocycles. The van der Waals surface area contributed by atoms with Crippen molar-refractivity contribution in [3.8, 4) is 0 Å². The number of nitrogens with zero attached hydrogens (tertiary/aromatic N) is 1. The Balaban J connectivity index is 2.74. The van der Waals surface area contributed by atoms with E-state index in [0.29, 0.717) is 0 Å². The Morgan fingerprint density at radius 3 is 1.79 bits per heavy atom. The zero-order chi connectivity index (χ0) is 10.4. The van der Waals surface area contributed by atoms with Crippen LogP contribution in [0.4, 0.5) is 0 Å². The van der Waals surface area contributed by atoms with Crippen LogP contribution in [0.2, 0.25) is 0 Å². The maximum absolute atomic E-state index is 3.58. The smallest absolute Gasteiger partial charge is 0.168 e. The molecule has 0 radical (unpaired) electrons. The van der Waals surface area contributed by atoms with Gasteiger partial charge >= 0.3 is 0 Å². The van der Waals surface area contributed by atoms with Gasteiger partial charge in [-0.15, -0.1) is 0 Å². The maximum Gasteiger partial charge on any atom is 0.168 e. The molecule has 1 rings (SSSR count). The number of pyridine rings is 1. The molecule has 78 valence electrons. The average Bonchev–Trinajstić information content (AvgIpc) is 2.28. The first-order valence-corrected chi connectivity index (χ1v) is 7.75. The van der Waals surface area contributed by atoms with Gasteiger partial charge in [-0.3, -0.25) is 0 Å². The van der Waals surface area contributed by atoms with E-state index in [1.54, 1.807) is 0 Å². The molecular weight excluding hydrogens is 374 g/mol. The monoisotopic (exact) mass is 384 g/mol. The molecule has 4 heteroatoms. The highest BCUT2D eigenvalue weighted by molar-refractivity contribution is 9.10. The first-order chi connectivity index (χ1) is 6.76. The van der Waals surface area contributed by atoms with E-state index in [0.717, 1.165) is 22.5 Å². The second kappa shape index (κ2) is 6.23. The van der Waals surface area contributed by atoms with Gasteiger partial charge in [0.2, 0.25) is 0 Å². The highest BCUT2D eigenvalue weighted by Crippen LogP contribution is 2.25. The Morgan fingerprint density at radius 2 is 1.36 bits per heavy atom. The van der Waals surface area contributed by atoms with Crippen LogP contribution < -0.4 is 4.57 Å². The fourth-order valence-corrected chi connectivity index (χ4v) is 4.48. The molecule has 0 N–H and O–H groups in total. The zero-order valence-corrected chi connectivity index (χ0v) is 12.6.